The molecule has 110 valence electrons. The summed E-state index contributed by atoms with van der Waals surface area (Å²) in [5.41, 5.74) is 1.23. The first-order valence-electron chi connectivity index (χ1n) is 7.38. The molecule has 1 aliphatic rings. The smallest absolute Gasteiger partial charge is 0.320 e. The monoisotopic (exact) mass is 276 g/mol. The maximum atomic E-state index is 11.2. The Bertz CT molecular complexity index is 427. The van der Waals surface area contributed by atoms with Gasteiger partial charge in [-0.3, -0.25) is 9.69 Å². The molecule has 0 saturated carbocycles. The third-order valence-electron chi connectivity index (χ3n) is 4.32. The zero-order chi connectivity index (χ0) is 14.5. The van der Waals surface area contributed by atoms with Crippen LogP contribution in [0.4, 0.5) is 5.69 Å². The average Bonchev–Trinajstić information content (AvgIpc) is 2.48. The van der Waals surface area contributed by atoms with Gasteiger partial charge in [0.1, 0.15) is 6.04 Å². The molecular weight excluding hydrogens is 252 g/mol. The van der Waals surface area contributed by atoms with E-state index in [4.69, 9.17) is 0 Å². The van der Waals surface area contributed by atoms with Gasteiger partial charge in [0, 0.05) is 31.9 Å². The first-order chi connectivity index (χ1) is 9.63. The van der Waals surface area contributed by atoms with Crippen molar-refractivity contribution in [1.82, 2.24) is 4.90 Å². The van der Waals surface area contributed by atoms with Crippen LogP contribution >= 0.6 is 0 Å². The fourth-order valence-corrected chi connectivity index (χ4v) is 3.05. The number of aliphatic carboxylic acids is 1. The summed E-state index contributed by atoms with van der Waals surface area (Å²) >= 11 is 0. The summed E-state index contributed by atoms with van der Waals surface area (Å²) < 4.78 is 0. The highest BCUT2D eigenvalue weighted by atomic mass is 16.4. The van der Waals surface area contributed by atoms with E-state index in [0.29, 0.717) is 12.5 Å². The van der Waals surface area contributed by atoms with Crippen molar-refractivity contribution in [3.8, 4) is 0 Å². The van der Waals surface area contributed by atoms with E-state index in [2.05, 4.69) is 41.1 Å². The van der Waals surface area contributed by atoms with Crippen LogP contribution in [-0.2, 0) is 4.79 Å². The lowest BCUT2D eigenvalue weighted by Gasteiger charge is -2.39. The minimum atomic E-state index is -0.692. The maximum absolute atomic E-state index is 11.2. The van der Waals surface area contributed by atoms with Crippen molar-refractivity contribution in [3.05, 3.63) is 30.3 Å². The van der Waals surface area contributed by atoms with Crippen LogP contribution in [0, 0.1) is 0 Å². The molecule has 1 aromatic rings. The molecule has 1 saturated heterocycles. The van der Waals surface area contributed by atoms with E-state index in [-0.39, 0.29) is 6.04 Å². The van der Waals surface area contributed by atoms with E-state index in [1.807, 2.05) is 13.0 Å². The Hall–Kier alpha value is -1.55. The Balaban J connectivity index is 1.93. The Morgan fingerprint density at radius 2 is 1.95 bits per heavy atom. The largest absolute Gasteiger partial charge is 0.480 e. The second kappa shape index (κ2) is 6.75. The van der Waals surface area contributed by atoms with Crippen LogP contribution in [0.5, 0.6) is 0 Å². The maximum Gasteiger partial charge on any atom is 0.320 e. The number of piperidine rings is 1. The molecule has 2 rings (SSSR count). The SMILES string of the molecule is CCC(C(=O)O)N1CCC(N(C)c2ccccc2)CC1. The minimum absolute atomic E-state index is 0.321. The van der Waals surface area contributed by atoms with Crippen molar-refractivity contribution in [2.24, 2.45) is 0 Å². The molecule has 0 aromatic heterocycles. The molecule has 1 aromatic carbocycles. The second-order valence-electron chi connectivity index (χ2n) is 5.48. The van der Waals surface area contributed by atoms with Crippen LogP contribution < -0.4 is 4.90 Å². The first-order valence-corrected chi connectivity index (χ1v) is 7.38. The molecule has 1 atom stereocenters. The highest BCUT2D eigenvalue weighted by Crippen LogP contribution is 2.23. The number of benzene rings is 1. The van der Waals surface area contributed by atoms with Gasteiger partial charge in [0.15, 0.2) is 0 Å². The third kappa shape index (κ3) is 3.31. The number of nitrogens with zero attached hydrogens (tertiary/aromatic N) is 2. The first kappa shape index (κ1) is 14.9. The number of rotatable bonds is 5. The third-order valence-corrected chi connectivity index (χ3v) is 4.32. The van der Waals surface area contributed by atoms with E-state index in [9.17, 15) is 9.90 Å². The lowest BCUT2D eigenvalue weighted by atomic mass is 10.0. The Labute approximate surface area is 121 Å². The summed E-state index contributed by atoms with van der Waals surface area (Å²) in [6.07, 6.45) is 2.72. The predicted molar refractivity (Wildman–Crippen MR) is 81.2 cm³/mol. The number of likely N-dealkylation sites (tertiary alicyclic amines) is 1. The highest BCUT2D eigenvalue weighted by molar-refractivity contribution is 5.73. The number of anilines is 1. The van der Waals surface area contributed by atoms with E-state index in [1.165, 1.54) is 5.69 Å². The molecule has 1 unspecified atom stereocenters. The second-order valence-corrected chi connectivity index (χ2v) is 5.48. The van der Waals surface area contributed by atoms with E-state index in [1.54, 1.807) is 0 Å². The van der Waals surface area contributed by atoms with Gasteiger partial charge in [-0.15, -0.1) is 0 Å². The molecular formula is C16H24N2O2. The fourth-order valence-electron chi connectivity index (χ4n) is 3.05. The number of carboxylic acids is 1. The van der Waals surface area contributed by atoms with Crippen molar-refractivity contribution in [1.29, 1.82) is 0 Å². The van der Waals surface area contributed by atoms with Gasteiger partial charge in [-0.1, -0.05) is 25.1 Å². The molecule has 4 nitrogen and oxygen atoms in total. The Kier molecular flexibility index (Phi) is 5.01. The summed E-state index contributed by atoms with van der Waals surface area (Å²) in [6.45, 7) is 3.68. The van der Waals surface area contributed by atoms with Gasteiger partial charge >= 0.3 is 5.97 Å². The summed E-state index contributed by atoms with van der Waals surface area (Å²) in [5, 5.41) is 9.23. The standard InChI is InChI=1S/C16H24N2O2/c1-3-15(16(19)20)18-11-9-14(10-12-18)17(2)13-7-5-4-6-8-13/h4-8,14-15H,3,9-12H2,1-2H3,(H,19,20). The highest BCUT2D eigenvalue weighted by Gasteiger charge is 2.29. The van der Waals surface area contributed by atoms with Gasteiger partial charge in [0.25, 0.3) is 0 Å². The van der Waals surface area contributed by atoms with E-state index < -0.39 is 5.97 Å². The molecule has 1 heterocycles. The van der Waals surface area contributed by atoms with Gasteiger partial charge in [0.05, 0.1) is 0 Å². The van der Waals surface area contributed by atoms with Crippen LogP contribution in [-0.4, -0.2) is 48.2 Å². The van der Waals surface area contributed by atoms with Crippen molar-refractivity contribution in [2.45, 2.75) is 38.3 Å². The molecule has 0 amide bonds. The van der Waals surface area contributed by atoms with E-state index >= 15 is 0 Å². The summed E-state index contributed by atoms with van der Waals surface area (Å²) in [7, 11) is 2.13. The fraction of sp³-hybridized carbons (Fsp3) is 0.562. The Morgan fingerprint density at radius 3 is 2.45 bits per heavy atom. The number of hydrogen-bond acceptors (Lipinski definition) is 3. The molecule has 0 bridgehead atoms. The zero-order valence-electron chi connectivity index (χ0n) is 12.3. The molecule has 4 heteroatoms. The quantitative estimate of drug-likeness (QED) is 0.897. The van der Waals surface area contributed by atoms with Gasteiger partial charge in [-0.2, -0.15) is 0 Å². The molecule has 0 aliphatic carbocycles. The molecule has 1 aliphatic heterocycles. The zero-order valence-corrected chi connectivity index (χ0v) is 12.3. The van der Waals surface area contributed by atoms with Crippen molar-refractivity contribution in [3.63, 3.8) is 0 Å². The predicted octanol–water partition coefficient (Wildman–Crippen LogP) is 2.45. The average molecular weight is 276 g/mol. The summed E-state index contributed by atoms with van der Waals surface area (Å²) in [6, 6.07) is 10.6. The Morgan fingerprint density at radius 1 is 1.35 bits per heavy atom. The van der Waals surface area contributed by atoms with E-state index in [0.717, 1.165) is 25.9 Å². The van der Waals surface area contributed by atoms with Crippen molar-refractivity contribution >= 4 is 11.7 Å². The normalized spacial score (nSPS) is 18.7. The van der Waals surface area contributed by atoms with Crippen LogP contribution in [0.1, 0.15) is 26.2 Å². The van der Waals surface area contributed by atoms with Crippen LogP contribution in [0.15, 0.2) is 30.3 Å². The molecule has 0 radical (unpaired) electrons. The summed E-state index contributed by atoms with van der Waals surface area (Å²) in [5.74, 6) is -0.692. The van der Waals surface area contributed by atoms with Gasteiger partial charge < -0.3 is 10.0 Å². The molecule has 0 spiro atoms. The van der Waals surface area contributed by atoms with Crippen molar-refractivity contribution < 1.29 is 9.90 Å². The van der Waals surface area contributed by atoms with Gasteiger partial charge in [-0.05, 0) is 31.4 Å². The van der Waals surface area contributed by atoms with Crippen molar-refractivity contribution in [2.75, 3.05) is 25.0 Å². The number of hydrogen-bond donors (Lipinski definition) is 1. The van der Waals surface area contributed by atoms with Crippen LogP contribution in [0.25, 0.3) is 0 Å². The summed E-state index contributed by atoms with van der Waals surface area (Å²) in [4.78, 5) is 15.6. The van der Waals surface area contributed by atoms with Gasteiger partial charge in [-0.25, -0.2) is 0 Å². The molecule has 1 fully saturated rings. The topological polar surface area (TPSA) is 43.8 Å². The lowest BCUT2D eigenvalue weighted by molar-refractivity contribution is -0.143. The number of carbonyl (C=O) groups is 1. The number of carboxylic acid groups (broad SMARTS) is 1. The molecule has 20 heavy (non-hydrogen) atoms. The van der Waals surface area contributed by atoms with Crippen LogP contribution in [0.3, 0.4) is 0 Å². The minimum Gasteiger partial charge on any atom is -0.480 e. The molecule has 1 N–H and O–H groups in total. The van der Waals surface area contributed by atoms with Gasteiger partial charge in [0.2, 0.25) is 0 Å². The lowest BCUT2D eigenvalue weighted by Crippen LogP contribution is -2.49. The van der Waals surface area contributed by atoms with Crippen LogP contribution in [0.2, 0.25) is 0 Å². The number of para-hydroxylation sites is 1.